The first kappa shape index (κ1) is 13.3. The number of thioether (sulfide) groups is 1. The predicted molar refractivity (Wildman–Crippen MR) is 82.7 cm³/mol. The Bertz CT molecular complexity index is 839. The van der Waals surface area contributed by atoms with E-state index in [0.717, 1.165) is 16.9 Å². The molecule has 0 radical (unpaired) electrons. The standard InChI is InChI=1S/C16H13N3O2S/c1-10-4-2-5-11(8-10)15-17-16-19(18-15)14(20)9-13(22-16)12-6-3-7-21-12/h2-8,13H,9H2,1H3/t13-/m0/s1. The Morgan fingerprint density at radius 1 is 1.32 bits per heavy atom. The summed E-state index contributed by atoms with van der Waals surface area (Å²) in [4.78, 5) is 16.8. The summed E-state index contributed by atoms with van der Waals surface area (Å²) < 4.78 is 6.82. The van der Waals surface area contributed by atoms with E-state index in [4.69, 9.17) is 4.42 Å². The van der Waals surface area contributed by atoms with Crippen molar-refractivity contribution in [3.8, 4) is 11.4 Å². The zero-order chi connectivity index (χ0) is 15.1. The fraction of sp³-hybridized carbons (Fsp3) is 0.188. The molecule has 3 aromatic rings. The van der Waals surface area contributed by atoms with E-state index in [9.17, 15) is 4.79 Å². The van der Waals surface area contributed by atoms with Crippen LogP contribution < -0.4 is 0 Å². The van der Waals surface area contributed by atoms with E-state index in [1.165, 1.54) is 16.4 Å². The average Bonchev–Trinajstić information content (AvgIpc) is 3.16. The van der Waals surface area contributed by atoms with Gasteiger partial charge in [-0.15, -0.1) is 5.10 Å². The molecule has 110 valence electrons. The third kappa shape index (κ3) is 2.25. The van der Waals surface area contributed by atoms with Gasteiger partial charge in [0, 0.05) is 12.0 Å². The van der Waals surface area contributed by atoms with Gasteiger partial charge >= 0.3 is 0 Å². The summed E-state index contributed by atoms with van der Waals surface area (Å²) in [5.74, 6) is 1.32. The lowest BCUT2D eigenvalue weighted by atomic mass is 10.1. The van der Waals surface area contributed by atoms with Gasteiger partial charge in [-0.05, 0) is 25.1 Å². The number of rotatable bonds is 2. The van der Waals surface area contributed by atoms with Crippen molar-refractivity contribution >= 4 is 17.7 Å². The average molecular weight is 311 g/mol. The van der Waals surface area contributed by atoms with Crippen molar-refractivity contribution in [1.82, 2.24) is 14.8 Å². The molecule has 0 fully saturated rings. The van der Waals surface area contributed by atoms with Gasteiger partial charge < -0.3 is 4.42 Å². The lowest BCUT2D eigenvalue weighted by Crippen LogP contribution is -2.20. The summed E-state index contributed by atoms with van der Waals surface area (Å²) in [6, 6.07) is 11.7. The van der Waals surface area contributed by atoms with Gasteiger partial charge in [0.15, 0.2) is 11.0 Å². The van der Waals surface area contributed by atoms with Crippen LogP contribution in [-0.4, -0.2) is 20.7 Å². The molecular formula is C16H13N3O2S. The highest BCUT2D eigenvalue weighted by atomic mass is 32.2. The van der Waals surface area contributed by atoms with E-state index < -0.39 is 0 Å². The van der Waals surface area contributed by atoms with Gasteiger partial charge in [-0.2, -0.15) is 4.68 Å². The third-order valence-electron chi connectivity index (χ3n) is 3.56. The fourth-order valence-corrected chi connectivity index (χ4v) is 3.60. The number of carbonyl (C=O) groups is 1. The van der Waals surface area contributed by atoms with Crippen LogP contribution in [0.15, 0.2) is 52.2 Å². The van der Waals surface area contributed by atoms with Gasteiger partial charge in [0.2, 0.25) is 0 Å². The Morgan fingerprint density at radius 3 is 3.00 bits per heavy atom. The van der Waals surface area contributed by atoms with Crippen molar-refractivity contribution in [2.45, 2.75) is 23.8 Å². The molecule has 22 heavy (non-hydrogen) atoms. The number of aryl methyl sites for hydroxylation is 1. The van der Waals surface area contributed by atoms with Crippen molar-refractivity contribution in [1.29, 1.82) is 0 Å². The van der Waals surface area contributed by atoms with E-state index in [0.29, 0.717) is 17.4 Å². The second-order valence-corrected chi connectivity index (χ2v) is 6.39. The normalized spacial score (nSPS) is 17.5. The second-order valence-electron chi connectivity index (χ2n) is 5.22. The summed E-state index contributed by atoms with van der Waals surface area (Å²) in [6.45, 7) is 2.02. The minimum Gasteiger partial charge on any atom is -0.468 e. The Balaban J connectivity index is 1.71. The highest BCUT2D eigenvalue weighted by Gasteiger charge is 2.31. The molecule has 0 saturated heterocycles. The van der Waals surface area contributed by atoms with Crippen LogP contribution in [0.5, 0.6) is 0 Å². The van der Waals surface area contributed by atoms with Gasteiger partial charge in [-0.25, -0.2) is 4.98 Å². The molecular weight excluding hydrogens is 298 g/mol. The van der Waals surface area contributed by atoms with Crippen molar-refractivity contribution in [3.05, 3.63) is 54.0 Å². The summed E-state index contributed by atoms with van der Waals surface area (Å²) in [5.41, 5.74) is 2.06. The van der Waals surface area contributed by atoms with Crippen LogP contribution >= 0.6 is 11.8 Å². The first-order valence-corrected chi connectivity index (χ1v) is 7.86. The Labute approximate surface area is 131 Å². The van der Waals surface area contributed by atoms with E-state index in [1.807, 2.05) is 43.3 Å². The van der Waals surface area contributed by atoms with Crippen LogP contribution in [0.1, 0.15) is 27.8 Å². The third-order valence-corrected chi connectivity index (χ3v) is 4.72. The molecule has 0 unspecified atom stereocenters. The van der Waals surface area contributed by atoms with Crippen LogP contribution in [0, 0.1) is 6.92 Å². The lowest BCUT2D eigenvalue weighted by Gasteiger charge is -2.17. The number of hydrogen-bond acceptors (Lipinski definition) is 5. The van der Waals surface area contributed by atoms with Crippen molar-refractivity contribution in [3.63, 3.8) is 0 Å². The molecule has 0 bridgehead atoms. The Kier molecular flexibility index (Phi) is 3.11. The minimum atomic E-state index is -0.0541. The van der Waals surface area contributed by atoms with Crippen LogP contribution in [-0.2, 0) is 0 Å². The molecule has 2 aromatic heterocycles. The minimum absolute atomic E-state index is 0.0374. The highest BCUT2D eigenvalue weighted by molar-refractivity contribution is 7.99. The topological polar surface area (TPSA) is 60.9 Å². The van der Waals surface area contributed by atoms with Crippen LogP contribution in [0.4, 0.5) is 0 Å². The number of furan rings is 1. The molecule has 3 heterocycles. The number of carbonyl (C=O) groups excluding carboxylic acids is 1. The Morgan fingerprint density at radius 2 is 2.23 bits per heavy atom. The number of aromatic nitrogens is 3. The molecule has 1 atom stereocenters. The first-order chi connectivity index (χ1) is 10.7. The smallest absolute Gasteiger partial charge is 0.250 e. The fourth-order valence-electron chi connectivity index (χ4n) is 2.49. The summed E-state index contributed by atoms with van der Waals surface area (Å²) in [5, 5.41) is 4.95. The highest BCUT2D eigenvalue weighted by Crippen LogP contribution is 2.41. The van der Waals surface area contributed by atoms with E-state index >= 15 is 0 Å². The molecule has 1 aliphatic rings. The van der Waals surface area contributed by atoms with Gasteiger partial charge in [0.25, 0.3) is 5.91 Å². The van der Waals surface area contributed by atoms with Gasteiger partial charge in [-0.3, -0.25) is 4.79 Å². The zero-order valence-corrected chi connectivity index (χ0v) is 12.7. The predicted octanol–water partition coefficient (Wildman–Crippen LogP) is 3.72. The van der Waals surface area contributed by atoms with Gasteiger partial charge in [0.05, 0.1) is 11.5 Å². The van der Waals surface area contributed by atoms with Crippen molar-refractivity contribution < 1.29 is 9.21 Å². The Hall–Kier alpha value is -2.34. The maximum Gasteiger partial charge on any atom is 0.250 e. The number of benzene rings is 1. The first-order valence-electron chi connectivity index (χ1n) is 6.98. The molecule has 0 spiro atoms. The second kappa shape index (κ2) is 5.14. The summed E-state index contributed by atoms with van der Waals surface area (Å²) in [6.07, 6.45) is 1.99. The van der Waals surface area contributed by atoms with Crippen LogP contribution in [0.25, 0.3) is 11.4 Å². The quantitative estimate of drug-likeness (QED) is 0.722. The molecule has 6 heteroatoms. The molecule has 0 amide bonds. The maximum atomic E-state index is 12.3. The molecule has 1 aliphatic heterocycles. The number of hydrogen-bond donors (Lipinski definition) is 0. The SMILES string of the molecule is Cc1cccc(-c2nc3n(n2)C(=O)C[C@@H](c2ccco2)S3)c1. The van der Waals surface area contributed by atoms with E-state index in [2.05, 4.69) is 10.1 Å². The zero-order valence-electron chi connectivity index (χ0n) is 11.9. The van der Waals surface area contributed by atoms with Crippen molar-refractivity contribution in [2.24, 2.45) is 0 Å². The summed E-state index contributed by atoms with van der Waals surface area (Å²) >= 11 is 1.51. The van der Waals surface area contributed by atoms with Gasteiger partial charge in [0.1, 0.15) is 5.76 Å². The number of nitrogens with zero attached hydrogens (tertiary/aromatic N) is 3. The van der Waals surface area contributed by atoms with Gasteiger partial charge in [-0.1, -0.05) is 35.5 Å². The van der Waals surface area contributed by atoms with Crippen LogP contribution in [0.2, 0.25) is 0 Å². The number of fused-ring (bicyclic) bond motifs is 1. The van der Waals surface area contributed by atoms with Crippen LogP contribution in [0.3, 0.4) is 0 Å². The largest absolute Gasteiger partial charge is 0.468 e. The van der Waals surface area contributed by atoms with E-state index in [1.54, 1.807) is 6.26 Å². The molecule has 0 aliphatic carbocycles. The molecule has 0 N–H and O–H groups in total. The van der Waals surface area contributed by atoms with E-state index in [-0.39, 0.29) is 11.2 Å². The van der Waals surface area contributed by atoms with Crippen molar-refractivity contribution in [2.75, 3.05) is 0 Å². The monoisotopic (exact) mass is 311 g/mol. The molecule has 1 aromatic carbocycles. The molecule has 0 saturated carbocycles. The molecule has 4 rings (SSSR count). The lowest BCUT2D eigenvalue weighted by molar-refractivity contribution is 0.0865. The maximum absolute atomic E-state index is 12.3. The molecule has 5 nitrogen and oxygen atoms in total. The summed E-state index contributed by atoms with van der Waals surface area (Å²) in [7, 11) is 0.